The number of nitrogen functional groups attached to an aromatic ring is 1. The van der Waals surface area contributed by atoms with Crippen molar-refractivity contribution in [2.75, 3.05) is 12.3 Å². The largest absolute Gasteiger partial charge is 0.393 e. The second-order valence-electron chi connectivity index (χ2n) is 5.37. The molecule has 6 nitrogen and oxygen atoms in total. The van der Waals surface area contributed by atoms with Gasteiger partial charge < -0.3 is 10.6 Å². The molecule has 1 aliphatic heterocycles. The van der Waals surface area contributed by atoms with E-state index in [1.165, 1.54) is 12.1 Å². The Morgan fingerprint density at radius 3 is 2.68 bits per heavy atom. The molecule has 2 N–H and O–H groups in total. The van der Waals surface area contributed by atoms with Gasteiger partial charge in [0.05, 0.1) is 4.92 Å². The predicted molar refractivity (Wildman–Crippen MR) is 71.9 cm³/mol. The number of para-hydroxylation sites is 1. The van der Waals surface area contributed by atoms with Crippen LogP contribution in [0.2, 0.25) is 0 Å². The lowest BCUT2D eigenvalue weighted by Crippen LogP contribution is -2.42. The fraction of sp³-hybridized carbons (Fsp3) is 0.462. The molecule has 0 aliphatic carbocycles. The van der Waals surface area contributed by atoms with Crippen LogP contribution in [0, 0.1) is 10.1 Å². The molecular weight excluding hydrogens is 246 g/mol. The number of nitrogens with zero attached hydrogens (tertiary/aromatic N) is 2. The lowest BCUT2D eigenvalue weighted by Gasteiger charge is -2.31. The van der Waals surface area contributed by atoms with Crippen LogP contribution in [0.1, 0.15) is 37.0 Å². The van der Waals surface area contributed by atoms with Crippen LogP contribution in [0.4, 0.5) is 11.4 Å². The Morgan fingerprint density at radius 1 is 1.47 bits per heavy atom. The third kappa shape index (κ3) is 2.25. The van der Waals surface area contributed by atoms with Crippen molar-refractivity contribution < 1.29 is 9.72 Å². The third-order valence-electron chi connectivity index (χ3n) is 3.63. The molecule has 102 valence electrons. The van der Waals surface area contributed by atoms with Gasteiger partial charge in [-0.15, -0.1) is 0 Å². The summed E-state index contributed by atoms with van der Waals surface area (Å²) in [5.74, 6) is -0.318. The Labute approximate surface area is 111 Å². The molecule has 0 radical (unpaired) electrons. The van der Waals surface area contributed by atoms with Gasteiger partial charge in [-0.1, -0.05) is 6.07 Å². The molecule has 1 fully saturated rings. The van der Waals surface area contributed by atoms with Gasteiger partial charge in [0.15, 0.2) is 0 Å². The number of benzene rings is 1. The molecule has 1 amide bonds. The average Bonchev–Trinajstić information content (AvgIpc) is 2.67. The molecule has 0 aromatic heterocycles. The SMILES string of the molecule is CC1(C)CCCN1C(=O)c1cccc(N)c1[N+](=O)[O-]. The van der Waals surface area contributed by atoms with E-state index in [9.17, 15) is 14.9 Å². The first-order valence-electron chi connectivity index (χ1n) is 6.19. The standard InChI is InChI=1S/C13H17N3O3/c1-13(2)7-4-8-15(13)12(17)9-5-3-6-10(14)11(9)16(18)19/h3,5-6H,4,7-8,14H2,1-2H3. The summed E-state index contributed by atoms with van der Waals surface area (Å²) in [4.78, 5) is 24.7. The van der Waals surface area contributed by atoms with Crippen molar-refractivity contribution >= 4 is 17.3 Å². The van der Waals surface area contributed by atoms with Crippen molar-refractivity contribution in [2.45, 2.75) is 32.2 Å². The van der Waals surface area contributed by atoms with E-state index in [1.54, 1.807) is 11.0 Å². The third-order valence-corrected chi connectivity index (χ3v) is 3.63. The van der Waals surface area contributed by atoms with Gasteiger partial charge in [0.2, 0.25) is 0 Å². The molecule has 0 bridgehead atoms. The fourth-order valence-corrected chi connectivity index (χ4v) is 2.57. The minimum Gasteiger partial charge on any atom is -0.393 e. The van der Waals surface area contributed by atoms with Crippen LogP contribution in [0.15, 0.2) is 18.2 Å². The number of nitro groups is 1. The normalized spacial score (nSPS) is 17.5. The molecule has 1 aromatic rings. The van der Waals surface area contributed by atoms with Gasteiger partial charge in [-0.3, -0.25) is 14.9 Å². The van der Waals surface area contributed by atoms with E-state index < -0.39 is 4.92 Å². The number of amides is 1. The van der Waals surface area contributed by atoms with Crippen LogP contribution in [-0.4, -0.2) is 27.8 Å². The molecule has 0 spiro atoms. The number of nitro benzene ring substituents is 1. The number of carbonyl (C=O) groups excluding carboxylic acids is 1. The lowest BCUT2D eigenvalue weighted by atomic mass is 10.0. The zero-order valence-electron chi connectivity index (χ0n) is 11.0. The summed E-state index contributed by atoms with van der Waals surface area (Å²) in [5.41, 5.74) is 5.14. The Morgan fingerprint density at radius 2 is 2.16 bits per heavy atom. The van der Waals surface area contributed by atoms with Gasteiger partial charge >= 0.3 is 5.69 Å². The van der Waals surface area contributed by atoms with Crippen LogP contribution in [0.25, 0.3) is 0 Å². The second-order valence-corrected chi connectivity index (χ2v) is 5.37. The fourth-order valence-electron chi connectivity index (χ4n) is 2.57. The first-order valence-corrected chi connectivity index (χ1v) is 6.19. The molecule has 2 rings (SSSR count). The Kier molecular flexibility index (Phi) is 3.18. The zero-order valence-corrected chi connectivity index (χ0v) is 11.0. The van der Waals surface area contributed by atoms with Crippen LogP contribution in [0.3, 0.4) is 0 Å². The number of nitrogens with two attached hydrogens (primary N) is 1. The summed E-state index contributed by atoms with van der Waals surface area (Å²) < 4.78 is 0. The zero-order chi connectivity index (χ0) is 14.2. The lowest BCUT2D eigenvalue weighted by molar-refractivity contribution is -0.384. The minimum absolute atomic E-state index is 0.0212. The molecule has 0 unspecified atom stereocenters. The van der Waals surface area contributed by atoms with Gasteiger partial charge in [0, 0.05) is 12.1 Å². The quantitative estimate of drug-likeness (QED) is 0.503. The molecule has 6 heteroatoms. The van der Waals surface area contributed by atoms with E-state index in [2.05, 4.69) is 0 Å². The topological polar surface area (TPSA) is 89.5 Å². The highest BCUT2D eigenvalue weighted by molar-refractivity contribution is 6.00. The number of likely N-dealkylation sites (tertiary alicyclic amines) is 1. The molecule has 1 saturated heterocycles. The highest BCUT2D eigenvalue weighted by atomic mass is 16.6. The van der Waals surface area contributed by atoms with Crippen molar-refractivity contribution in [3.63, 3.8) is 0 Å². The molecule has 1 aromatic carbocycles. The first-order chi connectivity index (χ1) is 8.84. The summed E-state index contributed by atoms with van der Waals surface area (Å²) in [6.07, 6.45) is 1.81. The van der Waals surface area contributed by atoms with Gasteiger partial charge in [-0.2, -0.15) is 0 Å². The number of hydrogen-bond acceptors (Lipinski definition) is 4. The number of carbonyl (C=O) groups is 1. The average molecular weight is 263 g/mol. The maximum absolute atomic E-state index is 12.5. The number of rotatable bonds is 2. The maximum Gasteiger partial charge on any atom is 0.304 e. The second kappa shape index (κ2) is 4.53. The van der Waals surface area contributed by atoms with Gasteiger partial charge in [0.1, 0.15) is 11.3 Å². The monoisotopic (exact) mass is 263 g/mol. The highest BCUT2D eigenvalue weighted by Crippen LogP contribution is 2.33. The van der Waals surface area contributed by atoms with E-state index in [4.69, 9.17) is 5.73 Å². The van der Waals surface area contributed by atoms with Crippen molar-refractivity contribution in [3.05, 3.63) is 33.9 Å². The van der Waals surface area contributed by atoms with E-state index >= 15 is 0 Å². The minimum atomic E-state index is -0.592. The Bertz CT molecular complexity index is 540. The van der Waals surface area contributed by atoms with E-state index in [0.29, 0.717) is 6.54 Å². The van der Waals surface area contributed by atoms with Gasteiger partial charge in [-0.25, -0.2) is 0 Å². The van der Waals surface area contributed by atoms with Crippen molar-refractivity contribution in [3.8, 4) is 0 Å². The molecule has 1 aliphatic rings. The molecule has 0 atom stereocenters. The van der Waals surface area contributed by atoms with Crippen LogP contribution in [-0.2, 0) is 0 Å². The maximum atomic E-state index is 12.5. The summed E-state index contributed by atoms with van der Waals surface area (Å²) in [7, 11) is 0. The summed E-state index contributed by atoms with van der Waals surface area (Å²) >= 11 is 0. The summed E-state index contributed by atoms with van der Waals surface area (Å²) in [6.45, 7) is 4.56. The van der Waals surface area contributed by atoms with E-state index in [-0.39, 0.29) is 28.4 Å². The number of hydrogen-bond donors (Lipinski definition) is 1. The van der Waals surface area contributed by atoms with Crippen LogP contribution in [0.5, 0.6) is 0 Å². The van der Waals surface area contributed by atoms with E-state index in [1.807, 2.05) is 13.8 Å². The molecular formula is C13H17N3O3. The van der Waals surface area contributed by atoms with Crippen molar-refractivity contribution in [1.82, 2.24) is 4.90 Å². The van der Waals surface area contributed by atoms with Crippen LogP contribution < -0.4 is 5.73 Å². The van der Waals surface area contributed by atoms with Crippen molar-refractivity contribution in [2.24, 2.45) is 0 Å². The Balaban J connectivity index is 2.45. The van der Waals surface area contributed by atoms with Crippen molar-refractivity contribution in [1.29, 1.82) is 0 Å². The van der Waals surface area contributed by atoms with E-state index in [0.717, 1.165) is 12.8 Å². The summed E-state index contributed by atoms with van der Waals surface area (Å²) in [5, 5.41) is 11.1. The van der Waals surface area contributed by atoms with Gasteiger partial charge in [0.25, 0.3) is 5.91 Å². The highest BCUT2D eigenvalue weighted by Gasteiger charge is 2.38. The number of anilines is 1. The van der Waals surface area contributed by atoms with Gasteiger partial charge in [-0.05, 0) is 38.8 Å². The Hall–Kier alpha value is -2.11. The predicted octanol–water partition coefficient (Wildman–Crippen LogP) is 2.19. The van der Waals surface area contributed by atoms with Crippen LogP contribution >= 0.6 is 0 Å². The first kappa shape index (κ1) is 13.3. The molecule has 1 heterocycles. The smallest absolute Gasteiger partial charge is 0.304 e. The molecule has 19 heavy (non-hydrogen) atoms. The molecule has 0 saturated carbocycles. The summed E-state index contributed by atoms with van der Waals surface area (Å²) in [6, 6.07) is 4.47.